The van der Waals surface area contributed by atoms with Crippen molar-refractivity contribution in [3.63, 3.8) is 0 Å². The summed E-state index contributed by atoms with van der Waals surface area (Å²) in [6.45, 7) is 5.10. The fraction of sp³-hybridized carbons (Fsp3) is 0.636. The number of anilines is 1. The minimum atomic E-state index is 0.494. The molecular formula is C11H19N3O2. The molecule has 0 spiro atoms. The maximum Gasteiger partial charge on any atom is 0.221 e. The fourth-order valence-corrected chi connectivity index (χ4v) is 1.23. The Balaban J connectivity index is 2.66. The number of aromatic nitrogens is 2. The van der Waals surface area contributed by atoms with Crippen LogP contribution in [0.1, 0.15) is 24.7 Å². The van der Waals surface area contributed by atoms with Gasteiger partial charge >= 0.3 is 0 Å². The van der Waals surface area contributed by atoms with E-state index in [1.165, 1.54) is 0 Å². The maximum atomic E-state index is 5.77. The van der Waals surface area contributed by atoms with E-state index in [0.29, 0.717) is 30.7 Å². The molecule has 0 aromatic carbocycles. The van der Waals surface area contributed by atoms with Crippen LogP contribution in [0.25, 0.3) is 0 Å². The SMILES string of the molecule is CCc1nc(N)c(C)c(OCCCOC)n1. The zero-order chi connectivity index (χ0) is 12.0. The van der Waals surface area contributed by atoms with Crippen LogP contribution in [0.5, 0.6) is 5.88 Å². The molecule has 0 saturated carbocycles. The molecule has 0 saturated heterocycles. The van der Waals surface area contributed by atoms with E-state index in [1.807, 2.05) is 13.8 Å². The van der Waals surface area contributed by atoms with Crippen molar-refractivity contribution in [2.75, 3.05) is 26.1 Å². The first-order chi connectivity index (χ1) is 7.69. The van der Waals surface area contributed by atoms with E-state index in [1.54, 1.807) is 7.11 Å². The van der Waals surface area contributed by atoms with E-state index in [0.717, 1.165) is 18.4 Å². The second-order valence-corrected chi connectivity index (χ2v) is 3.50. The third-order valence-electron chi connectivity index (χ3n) is 2.23. The fourth-order valence-electron chi connectivity index (χ4n) is 1.23. The molecule has 0 atom stereocenters. The van der Waals surface area contributed by atoms with Crippen molar-refractivity contribution in [3.05, 3.63) is 11.4 Å². The summed E-state index contributed by atoms with van der Waals surface area (Å²) in [5, 5.41) is 0. The van der Waals surface area contributed by atoms with Crippen molar-refractivity contribution in [1.29, 1.82) is 0 Å². The normalized spacial score (nSPS) is 10.4. The smallest absolute Gasteiger partial charge is 0.221 e. The molecule has 1 aromatic heterocycles. The molecule has 1 rings (SSSR count). The number of nitrogen functional groups attached to an aromatic ring is 1. The van der Waals surface area contributed by atoms with Gasteiger partial charge in [-0.15, -0.1) is 0 Å². The van der Waals surface area contributed by atoms with E-state index in [2.05, 4.69) is 9.97 Å². The topological polar surface area (TPSA) is 70.3 Å². The summed E-state index contributed by atoms with van der Waals surface area (Å²) in [7, 11) is 1.67. The molecule has 1 aromatic rings. The predicted octanol–water partition coefficient (Wildman–Crippen LogP) is 1.34. The Kier molecular flexibility index (Phi) is 4.98. The molecule has 0 bridgehead atoms. The molecule has 0 aliphatic carbocycles. The Morgan fingerprint density at radius 1 is 1.25 bits per heavy atom. The van der Waals surface area contributed by atoms with Crippen LogP contribution >= 0.6 is 0 Å². The molecular weight excluding hydrogens is 206 g/mol. The van der Waals surface area contributed by atoms with E-state index >= 15 is 0 Å². The van der Waals surface area contributed by atoms with Gasteiger partial charge in [0, 0.05) is 26.6 Å². The van der Waals surface area contributed by atoms with Crippen molar-refractivity contribution >= 4 is 5.82 Å². The lowest BCUT2D eigenvalue weighted by Gasteiger charge is -2.10. The van der Waals surface area contributed by atoms with Gasteiger partial charge in [0.25, 0.3) is 0 Å². The molecule has 90 valence electrons. The Morgan fingerprint density at radius 2 is 2.00 bits per heavy atom. The Hall–Kier alpha value is -1.36. The number of hydrogen-bond acceptors (Lipinski definition) is 5. The van der Waals surface area contributed by atoms with E-state index in [-0.39, 0.29) is 0 Å². The van der Waals surface area contributed by atoms with Crippen LogP contribution in [0.3, 0.4) is 0 Å². The number of aryl methyl sites for hydroxylation is 1. The molecule has 0 fully saturated rings. The summed E-state index contributed by atoms with van der Waals surface area (Å²) in [6, 6.07) is 0. The van der Waals surface area contributed by atoms with Crippen LogP contribution in [0.15, 0.2) is 0 Å². The van der Waals surface area contributed by atoms with E-state index in [9.17, 15) is 0 Å². The molecule has 0 amide bonds. The van der Waals surface area contributed by atoms with Crippen molar-refractivity contribution in [2.45, 2.75) is 26.7 Å². The van der Waals surface area contributed by atoms with Gasteiger partial charge in [-0.05, 0) is 6.92 Å². The molecule has 0 aliphatic rings. The average Bonchev–Trinajstić information content (AvgIpc) is 2.29. The summed E-state index contributed by atoms with van der Waals surface area (Å²) in [4.78, 5) is 8.45. The second kappa shape index (κ2) is 6.27. The van der Waals surface area contributed by atoms with Crippen LogP contribution in [0.4, 0.5) is 5.82 Å². The number of methoxy groups -OCH3 is 1. The predicted molar refractivity (Wildman–Crippen MR) is 62.5 cm³/mol. The van der Waals surface area contributed by atoms with Crippen molar-refractivity contribution < 1.29 is 9.47 Å². The number of nitrogens with zero attached hydrogens (tertiary/aromatic N) is 2. The molecule has 0 aliphatic heterocycles. The Bertz CT molecular complexity index is 342. The van der Waals surface area contributed by atoms with Crippen LogP contribution in [0.2, 0.25) is 0 Å². The highest BCUT2D eigenvalue weighted by atomic mass is 16.5. The van der Waals surface area contributed by atoms with Gasteiger partial charge in [-0.1, -0.05) is 6.92 Å². The highest BCUT2D eigenvalue weighted by molar-refractivity contribution is 5.44. The van der Waals surface area contributed by atoms with Crippen LogP contribution in [-0.4, -0.2) is 30.3 Å². The lowest BCUT2D eigenvalue weighted by atomic mass is 10.3. The van der Waals surface area contributed by atoms with Crippen molar-refractivity contribution in [1.82, 2.24) is 9.97 Å². The van der Waals surface area contributed by atoms with E-state index < -0.39 is 0 Å². The molecule has 5 heteroatoms. The summed E-state index contributed by atoms with van der Waals surface area (Å²) in [5.41, 5.74) is 6.57. The lowest BCUT2D eigenvalue weighted by molar-refractivity contribution is 0.170. The molecule has 16 heavy (non-hydrogen) atoms. The van der Waals surface area contributed by atoms with Gasteiger partial charge in [-0.3, -0.25) is 0 Å². The molecule has 0 unspecified atom stereocenters. The zero-order valence-electron chi connectivity index (χ0n) is 10.1. The summed E-state index contributed by atoms with van der Waals surface area (Å²) < 4.78 is 10.5. The van der Waals surface area contributed by atoms with Gasteiger partial charge in [0.1, 0.15) is 11.6 Å². The minimum Gasteiger partial charge on any atom is -0.477 e. The third kappa shape index (κ3) is 3.34. The van der Waals surface area contributed by atoms with Gasteiger partial charge in [-0.25, -0.2) is 4.98 Å². The molecule has 1 heterocycles. The quantitative estimate of drug-likeness (QED) is 0.740. The monoisotopic (exact) mass is 225 g/mol. The maximum absolute atomic E-state index is 5.77. The van der Waals surface area contributed by atoms with Crippen LogP contribution < -0.4 is 10.5 Å². The first-order valence-corrected chi connectivity index (χ1v) is 5.43. The average molecular weight is 225 g/mol. The first kappa shape index (κ1) is 12.7. The van der Waals surface area contributed by atoms with Gasteiger partial charge in [0.2, 0.25) is 5.88 Å². The first-order valence-electron chi connectivity index (χ1n) is 5.43. The Labute approximate surface area is 96.0 Å². The standard InChI is InChI=1S/C11H19N3O2/c1-4-9-13-10(12)8(2)11(14-9)16-7-5-6-15-3/h4-7H2,1-3H3,(H2,12,13,14). The molecule has 5 nitrogen and oxygen atoms in total. The number of ether oxygens (including phenoxy) is 2. The van der Waals surface area contributed by atoms with Crippen molar-refractivity contribution in [2.24, 2.45) is 0 Å². The Morgan fingerprint density at radius 3 is 2.62 bits per heavy atom. The van der Waals surface area contributed by atoms with Gasteiger partial charge in [0.15, 0.2) is 0 Å². The highest BCUT2D eigenvalue weighted by Crippen LogP contribution is 2.19. The van der Waals surface area contributed by atoms with Gasteiger partial charge < -0.3 is 15.2 Å². The third-order valence-corrected chi connectivity index (χ3v) is 2.23. The lowest BCUT2D eigenvalue weighted by Crippen LogP contribution is -2.08. The van der Waals surface area contributed by atoms with Crippen LogP contribution in [-0.2, 0) is 11.2 Å². The second-order valence-electron chi connectivity index (χ2n) is 3.50. The molecule has 0 radical (unpaired) electrons. The minimum absolute atomic E-state index is 0.494. The van der Waals surface area contributed by atoms with Gasteiger partial charge in [-0.2, -0.15) is 4.98 Å². The summed E-state index contributed by atoms with van der Waals surface area (Å²) >= 11 is 0. The number of nitrogens with two attached hydrogens (primary N) is 1. The number of rotatable bonds is 6. The van der Waals surface area contributed by atoms with Gasteiger partial charge in [0.05, 0.1) is 12.2 Å². The van der Waals surface area contributed by atoms with Crippen molar-refractivity contribution in [3.8, 4) is 5.88 Å². The summed E-state index contributed by atoms with van der Waals surface area (Å²) in [5.74, 6) is 1.79. The van der Waals surface area contributed by atoms with E-state index in [4.69, 9.17) is 15.2 Å². The van der Waals surface area contributed by atoms with Crippen LogP contribution in [0, 0.1) is 6.92 Å². The number of hydrogen-bond donors (Lipinski definition) is 1. The largest absolute Gasteiger partial charge is 0.477 e. The highest BCUT2D eigenvalue weighted by Gasteiger charge is 2.08. The summed E-state index contributed by atoms with van der Waals surface area (Å²) in [6.07, 6.45) is 1.58. The molecule has 2 N–H and O–H groups in total. The zero-order valence-corrected chi connectivity index (χ0v) is 10.1.